The highest BCUT2D eigenvalue weighted by molar-refractivity contribution is 5.77. The van der Waals surface area contributed by atoms with E-state index in [1.54, 1.807) is 12.3 Å². The van der Waals surface area contributed by atoms with Crippen molar-refractivity contribution < 1.29 is 9.53 Å². The number of nitrogens with one attached hydrogen (secondary N) is 1. The van der Waals surface area contributed by atoms with Gasteiger partial charge in [-0.3, -0.25) is 9.59 Å². The van der Waals surface area contributed by atoms with Crippen LogP contribution < -0.4 is 15.6 Å². The number of hydrogen-bond acceptors (Lipinski definition) is 4. The van der Waals surface area contributed by atoms with Crippen LogP contribution in [0, 0.1) is 13.8 Å². The molecule has 1 amide bonds. The quantitative estimate of drug-likeness (QED) is 0.785. The van der Waals surface area contributed by atoms with Crippen LogP contribution in [0.25, 0.3) is 0 Å². The minimum Gasteiger partial charge on any atom is -0.484 e. The van der Waals surface area contributed by atoms with Crippen LogP contribution in [0.4, 0.5) is 0 Å². The third-order valence-electron chi connectivity index (χ3n) is 3.22. The molecule has 122 valence electrons. The van der Waals surface area contributed by atoms with E-state index in [0.717, 1.165) is 11.1 Å². The van der Waals surface area contributed by atoms with Crippen molar-refractivity contribution in [1.29, 1.82) is 0 Å². The number of nitrogens with zero attached hydrogens (tertiary/aromatic N) is 2. The molecule has 0 bridgehead atoms. The molecule has 0 radical (unpaired) electrons. The average molecular weight is 315 g/mol. The fourth-order valence-electron chi connectivity index (χ4n) is 2.23. The topological polar surface area (TPSA) is 73.2 Å². The second-order valence-electron chi connectivity index (χ2n) is 5.40. The van der Waals surface area contributed by atoms with Crippen molar-refractivity contribution in [3.05, 3.63) is 58.0 Å². The van der Waals surface area contributed by atoms with Crippen LogP contribution in [0.5, 0.6) is 5.75 Å². The molecule has 2 rings (SSSR count). The van der Waals surface area contributed by atoms with E-state index in [0.29, 0.717) is 25.3 Å². The number of rotatable bonds is 7. The number of carbonyl (C=O) groups excluding carboxylic acids is 1. The summed E-state index contributed by atoms with van der Waals surface area (Å²) in [5.41, 5.74) is 2.05. The van der Waals surface area contributed by atoms with Crippen molar-refractivity contribution in [1.82, 2.24) is 15.1 Å². The van der Waals surface area contributed by atoms with Gasteiger partial charge in [-0.1, -0.05) is 6.07 Å². The highest BCUT2D eigenvalue weighted by Crippen LogP contribution is 2.15. The predicted molar refractivity (Wildman–Crippen MR) is 87.5 cm³/mol. The monoisotopic (exact) mass is 315 g/mol. The van der Waals surface area contributed by atoms with Gasteiger partial charge in [0.05, 0.1) is 0 Å². The highest BCUT2D eigenvalue weighted by atomic mass is 16.5. The lowest BCUT2D eigenvalue weighted by Gasteiger charge is -2.09. The maximum atomic E-state index is 11.7. The Kier molecular flexibility index (Phi) is 5.91. The first-order valence-corrected chi connectivity index (χ1v) is 7.54. The van der Waals surface area contributed by atoms with Gasteiger partial charge in [-0.25, -0.2) is 4.68 Å². The summed E-state index contributed by atoms with van der Waals surface area (Å²) in [5, 5.41) is 6.72. The summed E-state index contributed by atoms with van der Waals surface area (Å²) in [6.07, 6.45) is 2.20. The summed E-state index contributed by atoms with van der Waals surface area (Å²) in [7, 11) is 0. The number of aromatic nitrogens is 2. The molecule has 0 saturated heterocycles. The Morgan fingerprint density at radius 2 is 2.00 bits per heavy atom. The maximum Gasteiger partial charge on any atom is 0.266 e. The third kappa shape index (κ3) is 5.58. The second-order valence-corrected chi connectivity index (χ2v) is 5.40. The van der Waals surface area contributed by atoms with Crippen molar-refractivity contribution >= 4 is 5.91 Å². The standard InChI is InChI=1S/C17H21N3O3/c1-13-9-14(2)11-15(10-13)23-12-16(21)18-6-4-8-20-17(22)5-3-7-19-20/h3,5,7,9-11H,4,6,8,12H2,1-2H3,(H,18,21). The van der Waals surface area contributed by atoms with Crippen LogP contribution in [0.1, 0.15) is 17.5 Å². The van der Waals surface area contributed by atoms with Gasteiger partial charge in [-0.15, -0.1) is 0 Å². The van der Waals surface area contributed by atoms with E-state index in [4.69, 9.17) is 4.74 Å². The Hall–Kier alpha value is -2.63. The number of ether oxygens (including phenoxy) is 1. The van der Waals surface area contributed by atoms with Crippen LogP contribution in [-0.4, -0.2) is 28.8 Å². The Morgan fingerprint density at radius 3 is 2.70 bits per heavy atom. The summed E-state index contributed by atoms with van der Waals surface area (Å²) in [4.78, 5) is 23.2. The first-order valence-electron chi connectivity index (χ1n) is 7.54. The molecule has 1 N–H and O–H groups in total. The van der Waals surface area contributed by atoms with E-state index in [9.17, 15) is 9.59 Å². The lowest BCUT2D eigenvalue weighted by atomic mass is 10.1. The van der Waals surface area contributed by atoms with Crippen LogP contribution in [0.15, 0.2) is 41.3 Å². The van der Waals surface area contributed by atoms with Crippen LogP contribution >= 0.6 is 0 Å². The van der Waals surface area contributed by atoms with Crippen molar-refractivity contribution in [2.45, 2.75) is 26.8 Å². The number of amides is 1. The minimum atomic E-state index is -0.183. The lowest BCUT2D eigenvalue weighted by Crippen LogP contribution is -2.31. The fraction of sp³-hybridized carbons (Fsp3) is 0.353. The molecule has 2 aromatic rings. The highest BCUT2D eigenvalue weighted by Gasteiger charge is 2.03. The fourth-order valence-corrected chi connectivity index (χ4v) is 2.23. The van der Waals surface area contributed by atoms with Gasteiger partial charge in [0, 0.05) is 25.4 Å². The van der Waals surface area contributed by atoms with Gasteiger partial charge in [0.2, 0.25) is 0 Å². The second kappa shape index (κ2) is 8.12. The largest absolute Gasteiger partial charge is 0.484 e. The molecule has 0 unspecified atom stereocenters. The Morgan fingerprint density at radius 1 is 1.26 bits per heavy atom. The Balaban J connectivity index is 1.69. The third-order valence-corrected chi connectivity index (χ3v) is 3.22. The molecular weight excluding hydrogens is 294 g/mol. The average Bonchev–Trinajstić information content (AvgIpc) is 2.50. The van der Waals surface area contributed by atoms with Crippen LogP contribution in [-0.2, 0) is 11.3 Å². The molecule has 1 heterocycles. The van der Waals surface area contributed by atoms with Crippen LogP contribution in [0.2, 0.25) is 0 Å². The molecule has 6 heteroatoms. The van der Waals surface area contributed by atoms with Gasteiger partial charge in [0.15, 0.2) is 6.61 Å². The molecule has 0 atom stereocenters. The Labute approximate surface area is 135 Å². The summed E-state index contributed by atoms with van der Waals surface area (Å²) in [6.45, 7) is 4.89. The molecule has 1 aromatic carbocycles. The predicted octanol–water partition coefficient (Wildman–Crippen LogP) is 1.45. The first kappa shape index (κ1) is 16.7. The Bertz CT molecular complexity index is 705. The molecule has 0 spiro atoms. The van der Waals surface area contributed by atoms with Gasteiger partial charge in [0.1, 0.15) is 5.75 Å². The SMILES string of the molecule is Cc1cc(C)cc(OCC(=O)NCCCn2ncccc2=O)c1. The number of aryl methyl sites for hydroxylation is 3. The van der Waals surface area contributed by atoms with Crippen molar-refractivity contribution in [2.75, 3.05) is 13.2 Å². The molecule has 23 heavy (non-hydrogen) atoms. The number of carbonyl (C=O) groups is 1. The zero-order valence-corrected chi connectivity index (χ0v) is 13.4. The molecule has 0 aliphatic rings. The lowest BCUT2D eigenvalue weighted by molar-refractivity contribution is -0.123. The molecule has 1 aromatic heterocycles. The van der Waals surface area contributed by atoms with Gasteiger partial charge in [0.25, 0.3) is 11.5 Å². The van der Waals surface area contributed by atoms with Crippen molar-refractivity contribution in [3.8, 4) is 5.75 Å². The van der Waals surface area contributed by atoms with Crippen molar-refractivity contribution in [3.63, 3.8) is 0 Å². The summed E-state index contributed by atoms with van der Waals surface area (Å²) in [5.74, 6) is 0.509. The van der Waals surface area contributed by atoms with Crippen LogP contribution in [0.3, 0.4) is 0 Å². The minimum absolute atomic E-state index is 0.0214. The molecular formula is C17H21N3O3. The van der Waals surface area contributed by atoms with Crippen molar-refractivity contribution in [2.24, 2.45) is 0 Å². The van der Waals surface area contributed by atoms with Gasteiger partial charge in [-0.2, -0.15) is 5.10 Å². The normalized spacial score (nSPS) is 10.3. The zero-order valence-electron chi connectivity index (χ0n) is 13.4. The van der Waals surface area contributed by atoms with E-state index < -0.39 is 0 Å². The molecule has 0 aliphatic heterocycles. The van der Waals surface area contributed by atoms with Gasteiger partial charge < -0.3 is 10.1 Å². The van der Waals surface area contributed by atoms with Gasteiger partial charge in [-0.05, 0) is 49.6 Å². The molecule has 0 fully saturated rings. The smallest absolute Gasteiger partial charge is 0.266 e. The first-order chi connectivity index (χ1) is 11.0. The summed E-state index contributed by atoms with van der Waals surface area (Å²) >= 11 is 0. The zero-order chi connectivity index (χ0) is 16.7. The van der Waals surface area contributed by atoms with Gasteiger partial charge >= 0.3 is 0 Å². The molecule has 0 aliphatic carbocycles. The maximum absolute atomic E-state index is 11.7. The molecule has 0 saturated carbocycles. The van der Waals surface area contributed by atoms with E-state index in [1.807, 2.05) is 32.0 Å². The van der Waals surface area contributed by atoms with E-state index in [2.05, 4.69) is 10.4 Å². The van der Waals surface area contributed by atoms with E-state index in [1.165, 1.54) is 10.7 Å². The summed E-state index contributed by atoms with van der Waals surface area (Å²) in [6, 6.07) is 8.91. The summed E-state index contributed by atoms with van der Waals surface area (Å²) < 4.78 is 6.86. The van der Waals surface area contributed by atoms with E-state index >= 15 is 0 Å². The van der Waals surface area contributed by atoms with E-state index in [-0.39, 0.29) is 18.1 Å². The number of benzene rings is 1. The number of hydrogen-bond donors (Lipinski definition) is 1. The molecule has 6 nitrogen and oxygen atoms in total.